The minimum absolute atomic E-state index is 0.0805. The third kappa shape index (κ3) is 2.75. The van der Waals surface area contributed by atoms with Gasteiger partial charge in [0.25, 0.3) is 5.56 Å². The molecule has 1 aromatic carbocycles. The van der Waals surface area contributed by atoms with Crippen LogP contribution in [0, 0.1) is 13.8 Å². The molecule has 0 bridgehead atoms. The number of aryl methyl sites for hydroxylation is 1. The van der Waals surface area contributed by atoms with Gasteiger partial charge in [-0.25, -0.2) is 9.97 Å². The van der Waals surface area contributed by atoms with E-state index in [9.17, 15) is 9.59 Å². The first-order valence-corrected chi connectivity index (χ1v) is 7.54. The molecule has 0 fully saturated rings. The first kappa shape index (κ1) is 14.4. The summed E-state index contributed by atoms with van der Waals surface area (Å²) < 4.78 is 2.30. The highest BCUT2D eigenvalue weighted by Crippen LogP contribution is 2.25. The lowest BCUT2D eigenvalue weighted by atomic mass is 10.3. The predicted molar refractivity (Wildman–Crippen MR) is 86.2 cm³/mol. The smallest absolute Gasteiger partial charge is 0.256 e. The van der Waals surface area contributed by atoms with E-state index in [0.29, 0.717) is 16.4 Å². The molecular weight excluding hydrogens is 300 g/mol. The molecule has 6 nitrogen and oxygen atoms in total. The summed E-state index contributed by atoms with van der Waals surface area (Å²) in [7, 11) is 0. The molecular formula is C15H14N4O2S. The number of aromatic nitrogens is 3. The van der Waals surface area contributed by atoms with Gasteiger partial charge in [0.1, 0.15) is 6.54 Å². The third-order valence-electron chi connectivity index (χ3n) is 3.37. The van der Waals surface area contributed by atoms with E-state index in [1.54, 1.807) is 13.8 Å². The lowest BCUT2D eigenvalue weighted by Gasteiger charge is -2.07. The molecule has 3 aromatic rings. The summed E-state index contributed by atoms with van der Waals surface area (Å²) >= 11 is 1.40. The Balaban J connectivity index is 1.78. The minimum atomic E-state index is -0.300. The molecule has 1 N–H and O–H groups in total. The summed E-state index contributed by atoms with van der Waals surface area (Å²) in [5.41, 5.74) is 1.86. The molecule has 2 aromatic heterocycles. The van der Waals surface area contributed by atoms with Crippen LogP contribution >= 0.6 is 11.3 Å². The molecule has 112 valence electrons. The number of nitrogens with one attached hydrogen (secondary N) is 1. The number of anilines is 1. The van der Waals surface area contributed by atoms with Crippen molar-refractivity contribution in [2.45, 2.75) is 20.4 Å². The van der Waals surface area contributed by atoms with Crippen molar-refractivity contribution in [3.63, 3.8) is 0 Å². The number of thiazole rings is 1. The van der Waals surface area contributed by atoms with Crippen LogP contribution in [0.1, 0.15) is 11.3 Å². The monoisotopic (exact) mass is 314 g/mol. The molecule has 0 atom stereocenters. The van der Waals surface area contributed by atoms with Crippen molar-refractivity contribution >= 4 is 32.6 Å². The van der Waals surface area contributed by atoms with E-state index in [0.717, 1.165) is 10.2 Å². The molecule has 0 unspecified atom stereocenters. The van der Waals surface area contributed by atoms with E-state index in [-0.39, 0.29) is 18.0 Å². The van der Waals surface area contributed by atoms with Crippen molar-refractivity contribution in [3.05, 3.63) is 52.2 Å². The van der Waals surface area contributed by atoms with Crippen LogP contribution in [0.5, 0.6) is 0 Å². The lowest BCUT2D eigenvalue weighted by molar-refractivity contribution is -0.116. The van der Waals surface area contributed by atoms with Crippen molar-refractivity contribution in [3.8, 4) is 0 Å². The van der Waals surface area contributed by atoms with E-state index >= 15 is 0 Å². The number of carbonyl (C=O) groups is 1. The number of fused-ring (bicyclic) bond motifs is 1. The Morgan fingerprint density at radius 2 is 2.09 bits per heavy atom. The summed E-state index contributed by atoms with van der Waals surface area (Å²) in [6.07, 6.45) is 1.39. The summed E-state index contributed by atoms with van der Waals surface area (Å²) in [6.45, 7) is 3.39. The fourth-order valence-corrected chi connectivity index (χ4v) is 2.91. The Labute approximate surface area is 130 Å². The maximum atomic E-state index is 12.1. The highest BCUT2D eigenvalue weighted by atomic mass is 32.1. The number of benzene rings is 1. The van der Waals surface area contributed by atoms with Gasteiger partial charge in [0.2, 0.25) is 5.91 Å². The predicted octanol–water partition coefficient (Wildman–Crippen LogP) is 2.11. The highest BCUT2D eigenvalue weighted by Gasteiger charge is 2.10. The van der Waals surface area contributed by atoms with Gasteiger partial charge in [-0.05, 0) is 26.0 Å². The number of carbonyl (C=O) groups excluding carboxylic acids is 1. The Bertz CT molecular complexity index is 880. The van der Waals surface area contributed by atoms with E-state index in [2.05, 4.69) is 15.3 Å². The molecule has 2 heterocycles. The van der Waals surface area contributed by atoms with E-state index in [1.165, 1.54) is 22.2 Å². The fraction of sp³-hybridized carbons (Fsp3) is 0.200. The van der Waals surface area contributed by atoms with E-state index in [1.807, 2.05) is 24.3 Å². The Morgan fingerprint density at radius 1 is 1.32 bits per heavy atom. The van der Waals surface area contributed by atoms with Gasteiger partial charge in [-0.15, -0.1) is 0 Å². The van der Waals surface area contributed by atoms with Crippen LogP contribution in [0.2, 0.25) is 0 Å². The van der Waals surface area contributed by atoms with Crippen molar-refractivity contribution in [1.29, 1.82) is 0 Å². The zero-order chi connectivity index (χ0) is 15.7. The van der Waals surface area contributed by atoms with Crippen LogP contribution in [-0.2, 0) is 11.3 Å². The van der Waals surface area contributed by atoms with Crippen LogP contribution in [-0.4, -0.2) is 20.4 Å². The van der Waals surface area contributed by atoms with Crippen LogP contribution in [0.25, 0.3) is 10.2 Å². The van der Waals surface area contributed by atoms with Crippen molar-refractivity contribution in [1.82, 2.24) is 14.5 Å². The van der Waals surface area contributed by atoms with Crippen LogP contribution in [0.4, 0.5) is 5.13 Å². The standard InChI is InChI=1S/C15H14N4O2S/c1-9-10(2)16-8-19(14(9)21)7-13(20)18-15-17-11-5-3-4-6-12(11)22-15/h3-6,8H,7H2,1-2H3,(H,17,18,20). The van der Waals surface area contributed by atoms with Crippen molar-refractivity contribution in [2.75, 3.05) is 5.32 Å². The Morgan fingerprint density at radius 3 is 2.86 bits per heavy atom. The van der Waals surface area contributed by atoms with Gasteiger partial charge in [0.15, 0.2) is 5.13 Å². The molecule has 0 aliphatic carbocycles. The zero-order valence-corrected chi connectivity index (χ0v) is 13.0. The number of nitrogens with zero attached hydrogens (tertiary/aromatic N) is 3. The van der Waals surface area contributed by atoms with E-state index < -0.39 is 0 Å². The second-order valence-electron chi connectivity index (χ2n) is 4.92. The molecule has 0 saturated carbocycles. The molecule has 0 radical (unpaired) electrons. The summed E-state index contributed by atoms with van der Waals surface area (Å²) in [5, 5.41) is 3.25. The van der Waals surface area contributed by atoms with Crippen LogP contribution in [0.3, 0.4) is 0 Å². The number of para-hydroxylation sites is 1. The molecule has 1 amide bonds. The van der Waals surface area contributed by atoms with Crippen molar-refractivity contribution < 1.29 is 4.79 Å². The molecule has 0 spiro atoms. The first-order valence-electron chi connectivity index (χ1n) is 6.72. The number of amides is 1. The average Bonchev–Trinajstić information content (AvgIpc) is 2.90. The van der Waals surface area contributed by atoms with Crippen molar-refractivity contribution in [2.24, 2.45) is 0 Å². The zero-order valence-electron chi connectivity index (χ0n) is 12.2. The summed E-state index contributed by atoms with van der Waals surface area (Å²) in [5.74, 6) is -0.300. The van der Waals surface area contributed by atoms with E-state index in [4.69, 9.17) is 0 Å². The molecule has 0 aliphatic heterocycles. The SMILES string of the molecule is Cc1ncn(CC(=O)Nc2nc3ccccc3s2)c(=O)c1C. The second kappa shape index (κ2) is 5.69. The largest absolute Gasteiger partial charge is 0.300 e. The highest BCUT2D eigenvalue weighted by molar-refractivity contribution is 7.22. The van der Waals surface area contributed by atoms with Crippen LogP contribution in [0.15, 0.2) is 35.4 Å². The summed E-state index contributed by atoms with van der Waals surface area (Å²) in [4.78, 5) is 32.6. The van der Waals surface area contributed by atoms with Gasteiger partial charge < -0.3 is 5.32 Å². The van der Waals surface area contributed by atoms with Gasteiger partial charge in [-0.2, -0.15) is 0 Å². The second-order valence-corrected chi connectivity index (χ2v) is 5.95. The Kier molecular flexibility index (Phi) is 3.72. The van der Waals surface area contributed by atoms with Crippen LogP contribution < -0.4 is 10.9 Å². The number of hydrogen-bond donors (Lipinski definition) is 1. The van der Waals surface area contributed by atoms with Gasteiger partial charge >= 0.3 is 0 Å². The van der Waals surface area contributed by atoms with Gasteiger partial charge in [-0.3, -0.25) is 14.2 Å². The number of hydrogen-bond acceptors (Lipinski definition) is 5. The Hall–Kier alpha value is -2.54. The van der Waals surface area contributed by atoms with Gasteiger partial charge in [-0.1, -0.05) is 23.5 Å². The maximum Gasteiger partial charge on any atom is 0.256 e. The summed E-state index contributed by atoms with van der Waals surface area (Å²) in [6, 6.07) is 7.65. The fourth-order valence-electron chi connectivity index (χ4n) is 2.03. The number of rotatable bonds is 3. The molecule has 0 saturated heterocycles. The molecule has 22 heavy (non-hydrogen) atoms. The topological polar surface area (TPSA) is 76.9 Å². The minimum Gasteiger partial charge on any atom is -0.300 e. The molecule has 0 aliphatic rings. The quantitative estimate of drug-likeness (QED) is 0.803. The van der Waals surface area contributed by atoms with Gasteiger partial charge in [0, 0.05) is 11.3 Å². The molecule has 7 heteroatoms. The third-order valence-corrected chi connectivity index (χ3v) is 4.32. The molecule has 3 rings (SSSR count). The van der Waals surface area contributed by atoms with Gasteiger partial charge in [0.05, 0.1) is 16.5 Å². The normalized spacial score (nSPS) is 10.8. The lowest BCUT2D eigenvalue weighted by Crippen LogP contribution is -2.29. The first-order chi connectivity index (χ1) is 10.5. The maximum absolute atomic E-state index is 12.1. The average molecular weight is 314 g/mol.